The van der Waals surface area contributed by atoms with Crippen molar-refractivity contribution < 1.29 is 9.53 Å². The van der Waals surface area contributed by atoms with Crippen molar-refractivity contribution >= 4 is 5.78 Å². The molecule has 3 heteroatoms. The minimum Gasteiger partial charge on any atom is -0.378 e. The second-order valence-electron chi connectivity index (χ2n) is 5.12. The lowest BCUT2D eigenvalue weighted by Crippen LogP contribution is -2.49. The van der Waals surface area contributed by atoms with Gasteiger partial charge in [-0.05, 0) is 18.8 Å². The number of carbonyl (C=O) groups excluding carboxylic acids is 1. The molecule has 92 valence electrons. The van der Waals surface area contributed by atoms with E-state index >= 15 is 0 Å². The molecule has 16 heavy (non-hydrogen) atoms. The predicted octanol–water partition coefficient (Wildman–Crippen LogP) is 1.76. The predicted molar refractivity (Wildman–Crippen MR) is 63.4 cm³/mol. The Kier molecular flexibility index (Phi) is 4.36. The van der Waals surface area contributed by atoms with Crippen LogP contribution in [0, 0.1) is 11.8 Å². The van der Waals surface area contributed by atoms with E-state index in [4.69, 9.17) is 4.74 Å². The second kappa shape index (κ2) is 5.78. The Balaban J connectivity index is 1.87. The largest absolute Gasteiger partial charge is 0.378 e. The van der Waals surface area contributed by atoms with Crippen molar-refractivity contribution in [1.29, 1.82) is 0 Å². The highest BCUT2D eigenvalue weighted by Crippen LogP contribution is 2.32. The topological polar surface area (TPSA) is 38.3 Å². The fraction of sp³-hybridized carbons (Fsp3) is 0.923. The molecule has 0 spiro atoms. The Morgan fingerprint density at radius 2 is 2.31 bits per heavy atom. The second-order valence-corrected chi connectivity index (χ2v) is 5.12. The zero-order chi connectivity index (χ0) is 11.4. The number of hydrogen-bond donors (Lipinski definition) is 1. The average molecular weight is 225 g/mol. The molecule has 3 atom stereocenters. The van der Waals surface area contributed by atoms with E-state index in [-0.39, 0.29) is 12.0 Å². The monoisotopic (exact) mass is 225 g/mol. The van der Waals surface area contributed by atoms with Gasteiger partial charge in [-0.25, -0.2) is 0 Å². The highest BCUT2D eigenvalue weighted by atomic mass is 16.5. The summed E-state index contributed by atoms with van der Waals surface area (Å²) in [5.41, 5.74) is 0. The van der Waals surface area contributed by atoms with Gasteiger partial charge in [-0.2, -0.15) is 0 Å². The quantitative estimate of drug-likeness (QED) is 0.795. The van der Waals surface area contributed by atoms with Gasteiger partial charge < -0.3 is 10.1 Å². The number of nitrogens with one attached hydrogen (secondary N) is 1. The number of ketones is 1. The molecule has 1 saturated heterocycles. The molecule has 2 fully saturated rings. The molecule has 2 rings (SSSR count). The van der Waals surface area contributed by atoms with Crippen LogP contribution < -0.4 is 5.32 Å². The molecule has 1 aliphatic heterocycles. The molecule has 1 N–H and O–H groups in total. The van der Waals surface area contributed by atoms with Crippen LogP contribution in [0.5, 0.6) is 0 Å². The number of rotatable bonds is 3. The van der Waals surface area contributed by atoms with Crippen molar-refractivity contribution in [3.8, 4) is 0 Å². The number of Topliss-reactive ketones (excluding diaryl/α,β-unsaturated/α-hetero) is 1. The smallest absolute Gasteiger partial charge is 0.155 e. The van der Waals surface area contributed by atoms with Crippen LogP contribution in [0.25, 0.3) is 0 Å². The van der Waals surface area contributed by atoms with Crippen LogP contribution in [-0.4, -0.2) is 31.6 Å². The molecular weight excluding hydrogens is 202 g/mol. The lowest BCUT2D eigenvalue weighted by Gasteiger charge is -2.31. The van der Waals surface area contributed by atoms with Gasteiger partial charge in [0.1, 0.15) is 0 Å². The molecule has 0 radical (unpaired) electrons. The molecule has 3 unspecified atom stereocenters. The van der Waals surface area contributed by atoms with Crippen LogP contribution in [-0.2, 0) is 9.53 Å². The first-order valence-electron chi connectivity index (χ1n) is 6.66. The van der Waals surface area contributed by atoms with Gasteiger partial charge in [0.2, 0.25) is 0 Å². The Hall–Kier alpha value is -0.410. The van der Waals surface area contributed by atoms with Gasteiger partial charge in [0, 0.05) is 12.5 Å². The molecule has 3 nitrogen and oxygen atoms in total. The molecule has 1 saturated carbocycles. The van der Waals surface area contributed by atoms with Gasteiger partial charge in [-0.3, -0.25) is 4.79 Å². The first-order valence-corrected chi connectivity index (χ1v) is 6.66. The van der Waals surface area contributed by atoms with Gasteiger partial charge >= 0.3 is 0 Å². The van der Waals surface area contributed by atoms with E-state index in [1.165, 1.54) is 19.3 Å². The summed E-state index contributed by atoms with van der Waals surface area (Å²) in [7, 11) is 0. The number of ether oxygens (including phenoxy) is 1. The molecule has 0 aromatic heterocycles. The molecule has 0 bridgehead atoms. The third-order valence-corrected chi connectivity index (χ3v) is 4.03. The highest BCUT2D eigenvalue weighted by molar-refractivity contribution is 5.86. The van der Waals surface area contributed by atoms with E-state index in [0.29, 0.717) is 12.4 Å². The molecule has 2 aliphatic rings. The first-order chi connectivity index (χ1) is 7.81. The Labute approximate surface area is 97.9 Å². The van der Waals surface area contributed by atoms with Crippen LogP contribution in [0.1, 0.15) is 39.0 Å². The van der Waals surface area contributed by atoms with E-state index < -0.39 is 0 Å². The van der Waals surface area contributed by atoms with Crippen LogP contribution in [0.4, 0.5) is 0 Å². The Bertz CT molecular complexity index is 236. The van der Waals surface area contributed by atoms with Crippen molar-refractivity contribution in [3.63, 3.8) is 0 Å². The summed E-state index contributed by atoms with van der Waals surface area (Å²) in [6.07, 6.45) is 5.96. The summed E-state index contributed by atoms with van der Waals surface area (Å²) in [4.78, 5) is 12.3. The molecule has 1 aliphatic carbocycles. The normalized spacial score (nSPS) is 35.9. The van der Waals surface area contributed by atoms with E-state index in [1.54, 1.807) is 0 Å². The SMILES string of the molecule is CCC1CCCC(C(=O)C2COCCN2)C1. The van der Waals surface area contributed by atoms with Gasteiger partial charge in [0.25, 0.3) is 0 Å². The van der Waals surface area contributed by atoms with Gasteiger partial charge in [-0.1, -0.05) is 26.2 Å². The maximum absolute atomic E-state index is 12.3. The van der Waals surface area contributed by atoms with Gasteiger partial charge in [-0.15, -0.1) is 0 Å². The summed E-state index contributed by atoms with van der Waals surface area (Å²) < 4.78 is 5.36. The first kappa shape index (κ1) is 12.1. The van der Waals surface area contributed by atoms with E-state index in [9.17, 15) is 4.79 Å². The Morgan fingerprint density at radius 1 is 1.44 bits per heavy atom. The van der Waals surface area contributed by atoms with Crippen molar-refractivity contribution in [1.82, 2.24) is 5.32 Å². The minimum atomic E-state index is -0.0330. The molecule has 0 aromatic rings. The standard InChI is InChI=1S/C13H23NO2/c1-2-10-4-3-5-11(8-10)13(15)12-9-16-7-6-14-12/h10-12,14H,2-9H2,1H3. The van der Waals surface area contributed by atoms with Crippen LogP contribution in [0.3, 0.4) is 0 Å². The van der Waals surface area contributed by atoms with E-state index in [2.05, 4.69) is 12.2 Å². The number of morpholine rings is 1. The molecule has 0 amide bonds. The zero-order valence-corrected chi connectivity index (χ0v) is 10.2. The van der Waals surface area contributed by atoms with Crippen molar-refractivity contribution in [2.24, 2.45) is 11.8 Å². The van der Waals surface area contributed by atoms with Crippen LogP contribution >= 0.6 is 0 Å². The summed E-state index contributed by atoms with van der Waals surface area (Å²) >= 11 is 0. The number of carbonyl (C=O) groups is 1. The summed E-state index contributed by atoms with van der Waals surface area (Å²) in [6, 6.07) is -0.0330. The Morgan fingerprint density at radius 3 is 3.00 bits per heavy atom. The van der Waals surface area contributed by atoms with Crippen LogP contribution in [0.15, 0.2) is 0 Å². The summed E-state index contributed by atoms with van der Waals surface area (Å²) in [5.74, 6) is 1.46. The van der Waals surface area contributed by atoms with Gasteiger partial charge in [0.15, 0.2) is 5.78 Å². The maximum Gasteiger partial charge on any atom is 0.155 e. The van der Waals surface area contributed by atoms with Crippen molar-refractivity contribution in [3.05, 3.63) is 0 Å². The minimum absolute atomic E-state index is 0.0330. The van der Waals surface area contributed by atoms with E-state index in [1.807, 2.05) is 0 Å². The van der Waals surface area contributed by atoms with Gasteiger partial charge in [0.05, 0.1) is 19.3 Å². The fourth-order valence-electron chi connectivity index (χ4n) is 2.95. The molecular formula is C13H23NO2. The summed E-state index contributed by atoms with van der Waals surface area (Å²) in [6.45, 7) is 4.37. The summed E-state index contributed by atoms with van der Waals surface area (Å²) in [5, 5.41) is 3.27. The van der Waals surface area contributed by atoms with Crippen molar-refractivity contribution in [2.75, 3.05) is 19.8 Å². The lowest BCUT2D eigenvalue weighted by molar-refractivity contribution is -0.129. The zero-order valence-electron chi connectivity index (χ0n) is 10.2. The number of hydrogen-bond acceptors (Lipinski definition) is 3. The highest BCUT2D eigenvalue weighted by Gasteiger charge is 2.31. The fourth-order valence-corrected chi connectivity index (χ4v) is 2.95. The average Bonchev–Trinajstić information content (AvgIpc) is 2.39. The van der Waals surface area contributed by atoms with Crippen LogP contribution in [0.2, 0.25) is 0 Å². The molecule has 0 aromatic carbocycles. The van der Waals surface area contributed by atoms with Crippen molar-refractivity contribution in [2.45, 2.75) is 45.1 Å². The maximum atomic E-state index is 12.3. The van der Waals surface area contributed by atoms with E-state index in [0.717, 1.165) is 31.9 Å². The lowest BCUT2D eigenvalue weighted by atomic mass is 9.77. The third kappa shape index (κ3) is 2.83. The third-order valence-electron chi connectivity index (χ3n) is 4.03. The molecule has 1 heterocycles.